The van der Waals surface area contributed by atoms with E-state index in [2.05, 4.69) is 41.5 Å². The molecule has 0 rings (SSSR count). The fraction of sp³-hybridized carbons (Fsp3) is 0.867. The molecule has 0 aromatic heterocycles. The Kier molecular flexibility index (Phi) is 6.96. The predicted octanol–water partition coefficient (Wildman–Crippen LogP) is 5.73. The lowest BCUT2D eigenvalue weighted by Gasteiger charge is -2.28. The van der Waals surface area contributed by atoms with Crippen molar-refractivity contribution in [2.45, 2.75) is 80.1 Å². The summed E-state index contributed by atoms with van der Waals surface area (Å²) >= 11 is 0. The van der Waals surface area contributed by atoms with Gasteiger partial charge in [-0.2, -0.15) is 0 Å². The van der Waals surface area contributed by atoms with E-state index >= 15 is 0 Å². The lowest BCUT2D eigenvalue weighted by Crippen LogP contribution is -2.14. The first-order valence-electron chi connectivity index (χ1n) is 6.68. The molecular weight excluding hydrogens is 180 g/mol. The molecule has 0 aliphatic rings. The first-order valence-corrected chi connectivity index (χ1v) is 6.68. The van der Waals surface area contributed by atoms with Gasteiger partial charge >= 0.3 is 0 Å². The van der Waals surface area contributed by atoms with Crippen molar-refractivity contribution in [3.8, 4) is 0 Å². The zero-order chi connectivity index (χ0) is 11.9. The Morgan fingerprint density at radius 3 is 1.87 bits per heavy atom. The molecule has 0 spiro atoms. The van der Waals surface area contributed by atoms with E-state index < -0.39 is 0 Å². The highest BCUT2D eigenvalue weighted by Crippen LogP contribution is 2.35. The van der Waals surface area contributed by atoms with Gasteiger partial charge in [-0.25, -0.2) is 0 Å². The van der Waals surface area contributed by atoms with Crippen molar-refractivity contribution >= 4 is 0 Å². The second-order valence-corrected chi connectivity index (χ2v) is 5.28. The van der Waals surface area contributed by atoms with Gasteiger partial charge in [0, 0.05) is 0 Å². The summed E-state index contributed by atoms with van der Waals surface area (Å²) in [5.74, 6) is 0. The summed E-state index contributed by atoms with van der Waals surface area (Å²) in [5, 5.41) is 0. The second-order valence-electron chi connectivity index (χ2n) is 5.28. The molecule has 0 bridgehead atoms. The van der Waals surface area contributed by atoms with Crippen LogP contribution in [0.15, 0.2) is 11.1 Å². The van der Waals surface area contributed by atoms with E-state index in [0.717, 1.165) is 0 Å². The largest absolute Gasteiger partial charge is 0.0713 e. The van der Waals surface area contributed by atoms with Crippen LogP contribution in [0.3, 0.4) is 0 Å². The minimum absolute atomic E-state index is 0.413. The summed E-state index contributed by atoms with van der Waals surface area (Å²) in [4.78, 5) is 0. The summed E-state index contributed by atoms with van der Waals surface area (Å²) in [7, 11) is 0. The lowest BCUT2D eigenvalue weighted by atomic mass is 9.77. The molecule has 0 heteroatoms. The molecule has 0 aromatic carbocycles. The van der Waals surface area contributed by atoms with Crippen molar-refractivity contribution in [1.29, 1.82) is 0 Å². The van der Waals surface area contributed by atoms with Gasteiger partial charge in [-0.05, 0) is 31.6 Å². The van der Waals surface area contributed by atoms with Crippen LogP contribution in [0.25, 0.3) is 0 Å². The van der Waals surface area contributed by atoms with Gasteiger partial charge < -0.3 is 0 Å². The monoisotopic (exact) mass is 210 g/mol. The van der Waals surface area contributed by atoms with Crippen molar-refractivity contribution in [3.05, 3.63) is 11.1 Å². The van der Waals surface area contributed by atoms with Gasteiger partial charge in [0.05, 0.1) is 0 Å². The maximum Gasteiger partial charge on any atom is -0.0145 e. The fourth-order valence-electron chi connectivity index (χ4n) is 2.26. The maximum absolute atomic E-state index is 2.41. The van der Waals surface area contributed by atoms with Gasteiger partial charge in [0.15, 0.2) is 0 Å². The zero-order valence-corrected chi connectivity index (χ0v) is 11.7. The average Bonchev–Trinajstić information content (AvgIpc) is 2.19. The van der Waals surface area contributed by atoms with Gasteiger partial charge in [-0.15, -0.1) is 0 Å². The zero-order valence-electron chi connectivity index (χ0n) is 11.7. The minimum atomic E-state index is 0.413. The highest BCUT2D eigenvalue weighted by molar-refractivity contribution is 5.18. The summed E-state index contributed by atoms with van der Waals surface area (Å²) in [5.41, 5.74) is 3.72. The molecular formula is C15H30. The van der Waals surface area contributed by atoms with E-state index in [1.54, 1.807) is 11.1 Å². The van der Waals surface area contributed by atoms with Crippen molar-refractivity contribution in [2.75, 3.05) is 0 Å². The summed E-state index contributed by atoms with van der Waals surface area (Å²) in [6, 6.07) is 0. The van der Waals surface area contributed by atoms with Crippen molar-refractivity contribution in [1.82, 2.24) is 0 Å². The quantitative estimate of drug-likeness (QED) is 0.372. The summed E-state index contributed by atoms with van der Waals surface area (Å²) in [6.07, 6.45) is 7.87. The smallest absolute Gasteiger partial charge is 0.0145 e. The van der Waals surface area contributed by atoms with Crippen LogP contribution < -0.4 is 0 Å². The number of hydrogen-bond donors (Lipinski definition) is 0. The Balaban J connectivity index is 4.48. The van der Waals surface area contributed by atoms with E-state index in [0.29, 0.717) is 5.41 Å². The van der Waals surface area contributed by atoms with Crippen LogP contribution >= 0.6 is 0 Å². The Labute approximate surface area is 97.2 Å². The third-order valence-corrected chi connectivity index (χ3v) is 3.80. The van der Waals surface area contributed by atoms with E-state index in [9.17, 15) is 0 Å². The van der Waals surface area contributed by atoms with Crippen molar-refractivity contribution < 1.29 is 0 Å². The van der Waals surface area contributed by atoms with Gasteiger partial charge in [0.1, 0.15) is 0 Å². The molecule has 0 saturated heterocycles. The topological polar surface area (TPSA) is 0 Å². The number of unbranched alkanes of at least 4 members (excludes halogenated alkanes) is 2. The third-order valence-electron chi connectivity index (χ3n) is 3.80. The Morgan fingerprint density at radius 2 is 1.47 bits per heavy atom. The van der Waals surface area contributed by atoms with Crippen LogP contribution in [0.2, 0.25) is 0 Å². The summed E-state index contributed by atoms with van der Waals surface area (Å²) < 4.78 is 0. The van der Waals surface area contributed by atoms with Crippen LogP contribution in [0, 0.1) is 5.41 Å². The molecule has 0 fully saturated rings. The molecule has 0 aliphatic heterocycles. The fourth-order valence-corrected chi connectivity index (χ4v) is 2.26. The molecule has 0 atom stereocenters. The van der Waals surface area contributed by atoms with E-state index in [1.807, 2.05) is 0 Å². The van der Waals surface area contributed by atoms with E-state index in [4.69, 9.17) is 0 Å². The molecule has 0 heterocycles. The summed E-state index contributed by atoms with van der Waals surface area (Å²) in [6.45, 7) is 14.0. The van der Waals surface area contributed by atoms with Gasteiger partial charge in [0.2, 0.25) is 0 Å². The molecule has 90 valence electrons. The second kappa shape index (κ2) is 7.09. The first kappa shape index (κ1) is 14.7. The van der Waals surface area contributed by atoms with Crippen LogP contribution in [0.1, 0.15) is 80.1 Å². The maximum atomic E-state index is 2.41. The molecule has 0 N–H and O–H groups in total. The molecule has 0 nitrogen and oxygen atoms in total. The number of allylic oxidation sites excluding steroid dienone is 2. The number of hydrogen-bond acceptors (Lipinski definition) is 0. The van der Waals surface area contributed by atoms with Gasteiger partial charge in [0.25, 0.3) is 0 Å². The molecule has 0 amide bonds. The third kappa shape index (κ3) is 4.86. The highest BCUT2D eigenvalue weighted by Gasteiger charge is 2.21. The Hall–Kier alpha value is -0.260. The Bertz CT molecular complexity index is 190. The number of rotatable bonds is 7. The van der Waals surface area contributed by atoms with Crippen molar-refractivity contribution in [2.24, 2.45) is 5.41 Å². The van der Waals surface area contributed by atoms with Gasteiger partial charge in [-0.1, -0.05) is 65.0 Å². The van der Waals surface area contributed by atoms with E-state index in [1.165, 1.54) is 38.5 Å². The predicted molar refractivity (Wildman–Crippen MR) is 71.2 cm³/mol. The highest BCUT2D eigenvalue weighted by atomic mass is 14.3. The molecule has 0 aromatic rings. The molecule has 15 heavy (non-hydrogen) atoms. The Morgan fingerprint density at radius 1 is 0.933 bits per heavy atom. The van der Waals surface area contributed by atoms with Crippen LogP contribution in [0.4, 0.5) is 0 Å². The standard InChI is InChI=1S/C15H30/c1-7-10-11-12-15(5,6)13(4)14(8-2)9-3/h7-12H2,1-6H3. The van der Waals surface area contributed by atoms with Gasteiger partial charge in [-0.3, -0.25) is 0 Å². The SMILES string of the molecule is CCCCCC(C)(C)C(C)=C(CC)CC. The van der Waals surface area contributed by atoms with Crippen molar-refractivity contribution in [3.63, 3.8) is 0 Å². The molecule has 0 aliphatic carbocycles. The molecule has 0 unspecified atom stereocenters. The van der Waals surface area contributed by atoms with Crippen LogP contribution in [-0.2, 0) is 0 Å². The average molecular weight is 210 g/mol. The van der Waals surface area contributed by atoms with Crippen LogP contribution in [-0.4, -0.2) is 0 Å². The minimum Gasteiger partial charge on any atom is -0.0713 e. The lowest BCUT2D eigenvalue weighted by molar-refractivity contribution is 0.381. The molecule has 0 radical (unpaired) electrons. The van der Waals surface area contributed by atoms with Crippen LogP contribution in [0.5, 0.6) is 0 Å². The first-order chi connectivity index (χ1) is 6.99. The van der Waals surface area contributed by atoms with E-state index in [-0.39, 0.29) is 0 Å². The normalized spacial score (nSPS) is 11.6. The molecule has 0 saturated carbocycles.